The second-order valence-electron chi connectivity index (χ2n) is 6.28. The second-order valence-corrected chi connectivity index (χ2v) is 6.28. The highest BCUT2D eigenvalue weighted by Gasteiger charge is 2.32. The Labute approximate surface area is 165 Å². The summed E-state index contributed by atoms with van der Waals surface area (Å²) in [6.07, 6.45) is -8.43. The predicted octanol–water partition coefficient (Wildman–Crippen LogP) is 3.42. The number of hydrogen-bond donors (Lipinski definition) is 3. The molecule has 0 aliphatic carbocycles. The number of aliphatic hydroxyl groups excluding tert-OH is 2. The number of carbonyl (C=O) groups excluding carboxylic acids is 1. The van der Waals surface area contributed by atoms with E-state index in [0.29, 0.717) is 0 Å². The molecule has 2 rings (SSSR count). The molecule has 6 nitrogen and oxygen atoms in total. The van der Waals surface area contributed by atoms with E-state index >= 15 is 0 Å². The minimum atomic E-state index is -4.63. The van der Waals surface area contributed by atoms with Gasteiger partial charge < -0.3 is 25.0 Å². The van der Waals surface area contributed by atoms with Crippen LogP contribution in [0.5, 0.6) is 5.75 Å². The van der Waals surface area contributed by atoms with Crippen molar-refractivity contribution in [1.29, 1.82) is 0 Å². The molecule has 2 atom stereocenters. The topological polar surface area (TPSA) is 88.0 Å². The molecule has 0 aliphatic rings. The van der Waals surface area contributed by atoms with E-state index in [1.165, 1.54) is 13.2 Å². The third kappa shape index (κ3) is 6.95. The first-order valence-corrected chi connectivity index (χ1v) is 8.77. The summed E-state index contributed by atoms with van der Waals surface area (Å²) in [5.41, 5.74) is -0.340. The highest BCUT2D eigenvalue weighted by molar-refractivity contribution is 5.67. The van der Waals surface area contributed by atoms with E-state index in [0.717, 1.165) is 17.7 Å². The van der Waals surface area contributed by atoms with E-state index in [-0.39, 0.29) is 30.9 Å². The molecule has 9 heteroatoms. The van der Waals surface area contributed by atoms with Crippen LogP contribution in [-0.2, 0) is 17.5 Å². The number of nitrogens with one attached hydrogen (secondary N) is 1. The van der Waals surface area contributed by atoms with Gasteiger partial charge in [-0.05, 0) is 35.7 Å². The van der Waals surface area contributed by atoms with Gasteiger partial charge in [0, 0.05) is 6.54 Å². The van der Waals surface area contributed by atoms with Gasteiger partial charge in [0.15, 0.2) is 0 Å². The van der Waals surface area contributed by atoms with Gasteiger partial charge in [-0.25, -0.2) is 4.79 Å². The Morgan fingerprint density at radius 2 is 1.83 bits per heavy atom. The lowest BCUT2D eigenvalue weighted by atomic mass is 9.99. The Morgan fingerprint density at radius 1 is 1.14 bits per heavy atom. The minimum absolute atomic E-state index is 0.0397. The first kappa shape index (κ1) is 22.5. The molecule has 158 valence electrons. The summed E-state index contributed by atoms with van der Waals surface area (Å²) in [4.78, 5) is 11.7. The lowest BCUT2D eigenvalue weighted by Gasteiger charge is -2.20. The van der Waals surface area contributed by atoms with Crippen LogP contribution in [0.2, 0.25) is 0 Å². The number of rotatable bonds is 8. The Bertz CT molecular complexity index is 798. The lowest BCUT2D eigenvalue weighted by Crippen LogP contribution is -2.29. The average Bonchev–Trinajstić information content (AvgIpc) is 2.71. The maximum atomic E-state index is 13.0. The van der Waals surface area contributed by atoms with Crippen molar-refractivity contribution in [2.45, 2.75) is 31.4 Å². The summed E-state index contributed by atoms with van der Waals surface area (Å²) in [5.74, 6) is -0.0938. The van der Waals surface area contributed by atoms with Gasteiger partial charge in [0.2, 0.25) is 0 Å². The fourth-order valence-electron chi connectivity index (χ4n) is 2.55. The van der Waals surface area contributed by atoms with Gasteiger partial charge >= 0.3 is 12.3 Å². The summed E-state index contributed by atoms with van der Waals surface area (Å²) >= 11 is 0. The van der Waals surface area contributed by atoms with Gasteiger partial charge in [0.05, 0.1) is 18.8 Å². The molecule has 0 aliphatic heterocycles. The quantitative estimate of drug-likeness (QED) is 0.617. The number of alkyl carbamates (subject to hydrolysis) is 1. The van der Waals surface area contributed by atoms with Gasteiger partial charge in [0.1, 0.15) is 18.5 Å². The van der Waals surface area contributed by atoms with Crippen LogP contribution < -0.4 is 10.1 Å². The molecule has 0 heterocycles. The minimum Gasteiger partial charge on any atom is -0.497 e. The molecule has 0 radical (unpaired) electrons. The lowest BCUT2D eigenvalue weighted by molar-refractivity contribution is -0.137. The molecule has 2 aromatic rings. The first-order chi connectivity index (χ1) is 13.7. The van der Waals surface area contributed by atoms with Gasteiger partial charge in [-0.3, -0.25) is 0 Å². The van der Waals surface area contributed by atoms with Crippen molar-refractivity contribution in [3.05, 3.63) is 65.2 Å². The van der Waals surface area contributed by atoms with Crippen molar-refractivity contribution in [1.82, 2.24) is 5.32 Å². The standard InChI is InChI=1S/C20H22F3NO5/c1-28-16-10-14(9-15(11-16)20(21,22)23)18(26)17(25)7-8-24-19(27)29-12-13-5-3-2-4-6-13/h2-6,9-11,17-18,25-26H,7-8,12H2,1H3,(H,24,27). The number of hydrogen-bond acceptors (Lipinski definition) is 5. The monoisotopic (exact) mass is 413 g/mol. The number of carbonyl (C=O) groups is 1. The van der Waals surface area contributed by atoms with Crippen molar-refractivity contribution in [2.24, 2.45) is 0 Å². The van der Waals surface area contributed by atoms with E-state index in [2.05, 4.69) is 5.32 Å². The van der Waals surface area contributed by atoms with Crippen molar-refractivity contribution >= 4 is 6.09 Å². The van der Waals surface area contributed by atoms with Crippen LogP contribution in [0.15, 0.2) is 48.5 Å². The molecule has 2 aromatic carbocycles. The fraction of sp³-hybridized carbons (Fsp3) is 0.350. The molecule has 2 unspecified atom stereocenters. The molecule has 0 saturated carbocycles. The Hall–Kier alpha value is -2.78. The Morgan fingerprint density at radius 3 is 2.45 bits per heavy atom. The van der Waals surface area contributed by atoms with Crippen molar-refractivity contribution in [2.75, 3.05) is 13.7 Å². The average molecular weight is 413 g/mol. The van der Waals surface area contributed by atoms with Crippen LogP contribution in [0, 0.1) is 0 Å². The molecule has 1 amide bonds. The Balaban J connectivity index is 1.87. The van der Waals surface area contributed by atoms with Crippen LogP contribution in [0.4, 0.5) is 18.0 Å². The van der Waals surface area contributed by atoms with Crippen LogP contribution >= 0.6 is 0 Å². The number of benzene rings is 2. The van der Waals surface area contributed by atoms with E-state index in [9.17, 15) is 28.2 Å². The molecule has 3 N–H and O–H groups in total. The maximum Gasteiger partial charge on any atom is 0.416 e. The number of amides is 1. The zero-order valence-electron chi connectivity index (χ0n) is 15.6. The smallest absolute Gasteiger partial charge is 0.416 e. The van der Waals surface area contributed by atoms with Gasteiger partial charge in [0.25, 0.3) is 0 Å². The summed E-state index contributed by atoms with van der Waals surface area (Å²) < 4.78 is 48.8. The molecule has 0 saturated heterocycles. The van der Waals surface area contributed by atoms with Gasteiger partial charge in [-0.1, -0.05) is 30.3 Å². The molecule has 0 aromatic heterocycles. The van der Waals surface area contributed by atoms with E-state index < -0.39 is 30.0 Å². The summed E-state index contributed by atoms with van der Waals surface area (Å²) in [7, 11) is 1.20. The van der Waals surface area contributed by atoms with Gasteiger partial charge in [-0.15, -0.1) is 0 Å². The normalized spacial score (nSPS) is 13.4. The van der Waals surface area contributed by atoms with E-state index in [4.69, 9.17) is 9.47 Å². The second kappa shape index (κ2) is 10.1. The Kier molecular flexibility index (Phi) is 7.86. The maximum absolute atomic E-state index is 13.0. The first-order valence-electron chi connectivity index (χ1n) is 8.77. The number of halogens is 3. The number of aliphatic hydroxyl groups is 2. The molecular weight excluding hydrogens is 391 g/mol. The van der Waals surface area contributed by atoms with Crippen molar-refractivity contribution < 1.29 is 37.7 Å². The zero-order chi connectivity index (χ0) is 21.4. The summed E-state index contributed by atoms with van der Waals surface area (Å²) in [6.45, 7) is 0.0316. The predicted molar refractivity (Wildman–Crippen MR) is 98.2 cm³/mol. The molecule has 29 heavy (non-hydrogen) atoms. The SMILES string of the molecule is COc1cc(C(O)C(O)CCNC(=O)OCc2ccccc2)cc(C(F)(F)F)c1. The number of alkyl halides is 3. The third-order valence-electron chi connectivity index (χ3n) is 4.12. The van der Waals surface area contributed by atoms with Crippen molar-refractivity contribution in [3.8, 4) is 5.75 Å². The van der Waals surface area contributed by atoms with Crippen LogP contribution in [0.25, 0.3) is 0 Å². The van der Waals surface area contributed by atoms with Crippen LogP contribution in [0.3, 0.4) is 0 Å². The highest BCUT2D eigenvalue weighted by atomic mass is 19.4. The highest BCUT2D eigenvalue weighted by Crippen LogP contribution is 2.34. The summed E-state index contributed by atoms with van der Waals surface area (Å²) in [6, 6.07) is 11.8. The summed E-state index contributed by atoms with van der Waals surface area (Å²) in [5, 5.41) is 22.7. The van der Waals surface area contributed by atoms with Crippen LogP contribution in [-0.4, -0.2) is 36.1 Å². The third-order valence-corrected chi connectivity index (χ3v) is 4.12. The molecule has 0 fully saturated rings. The fourth-order valence-corrected chi connectivity index (χ4v) is 2.55. The van der Waals surface area contributed by atoms with Crippen LogP contribution in [0.1, 0.15) is 29.2 Å². The van der Waals surface area contributed by atoms with E-state index in [1.54, 1.807) is 24.3 Å². The number of methoxy groups -OCH3 is 1. The molecule has 0 spiro atoms. The zero-order valence-corrected chi connectivity index (χ0v) is 15.6. The molecular formula is C20H22F3NO5. The van der Waals surface area contributed by atoms with Crippen molar-refractivity contribution in [3.63, 3.8) is 0 Å². The largest absolute Gasteiger partial charge is 0.497 e. The van der Waals surface area contributed by atoms with Gasteiger partial charge in [-0.2, -0.15) is 13.2 Å². The molecule has 0 bridgehead atoms. The number of ether oxygens (including phenoxy) is 2. The van der Waals surface area contributed by atoms with E-state index in [1.807, 2.05) is 6.07 Å².